The van der Waals surface area contributed by atoms with E-state index in [2.05, 4.69) is 15.0 Å². The summed E-state index contributed by atoms with van der Waals surface area (Å²) >= 11 is 0. The minimum atomic E-state index is -3.25. The fourth-order valence-corrected chi connectivity index (χ4v) is 3.51. The van der Waals surface area contributed by atoms with E-state index in [4.69, 9.17) is 24.4 Å². The summed E-state index contributed by atoms with van der Waals surface area (Å²) in [5, 5.41) is 9.50. The monoisotopic (exact) mass is 389 g/mol. The van der Waals surface area contributed by atoms with Gasteiger partial charge in [0.15, 0.2) is 17.4 Å². The third-order valence-corrected chi connectivity index (χ3v) is 5.09. The molecule has 1 atom stereocenters. The van der Waals surface area contributed by atoms with Gasteiger partial charge in [0.1, 0.15) is 19.0 Å². The largest absolute Gasteiger partial charge is 0.405 e. The summed E-state index contributed by atoms with van der Waals surface area (Å²) in [7, 11) is -3.25. The first kappa shape index (κ1) is 20.5. The quantitative estimate of drug-likeness (QED) is 0.395. The Kier molecular flexibility index (Phi) is 7.73. The molecule has 11 nitrogen and oxygen atoms in total. The predicted octanol–water partition coefficient (Wildman–Crippen LogP) is 0.828. The number of aliphatic hydroxyl groups excluding tert-OH is 1. The molecule has 0 saturated carbocycles. The third kappa shape index (κ3) is 5.36. The highest BCUT2D eigenvalue weighted by molar-refractivity contribution is 7.53. The van der Waals surface area contributed by atoms with Crippen molar-refractivity contribution in [2.45, 2.75) is 26.4 Å². The Morgan fingerprint density at radius 3 is 2.65 bits per heavy atom. The second kappa shape index (κ2) is 9.79. The van der Waals surface area contributed by atoms with E-state index in [1.54, 1.807) is 13.8 Å². The molecule has 0 fully saturated rings. The van der Waals surface area contributed by atoms with Gasteiger partial charge < -0.3 is 29.5 Å². The van der Waals surface area contributed by atoms with Crippen LogP contribution in [0.3, 0.4) is 0 Å². The molecule has 2 aromatic heterocycles. The van der Waals surface area contributed by atoms with Gasteiger partial charge in [-0.2, -0.15) is 4.73 Å². The van der Waals surface area contributed by atoms with Crippen molar-refractivity contribution in [3.8, 4) is 0 Å². The maximum Gasteiger partial charge on any atom is 0.356 e. The molecule has 2 heterocycles. The van der Waals surface area contributed by atoms with E-state index in [0.717, 1.165) is 0 Å². The van der Waals surface area contributed by atoms with E-state index < -0.39 is 13.7 Å². The van der Waals surface area contributed by atoms with E-state index in [9.17, 15) is 9.67 Å². The van der Waals surface area contributed by atoms with Crippen molar-refractivity contribution in [3.63, 3.8) is 0 Å². The van der Waals surface area contributed by atoms with Crippen LogP contribution in [0.2, 0.25) is 0 Å². The minimum absolute atomic E-state index is 0.162. The van der Waals surface area contributed by atoms with Gasteiger partial charge in [0, 0.05) is 6.42 Å². The second-order valence-electron chi connectivity index (χ2n) is 5.18. The summed E-state index contributed by atoms with van der Waals surface area (Å²) in [5.41, 5.74) is 6.53. The molecule has 0 saturated heterocycles. The number of rotatable bonds is 12. The van der Waals surface area contributed by atoms with Crippen LogP contribution in [-0.2, 0) is 18.3 Å². The number of fused-ring (bicyclic) bond motifs is 1. The number of imidazole rings is 1. The van der Waals surface area contributed by atoms with Crippen LogP contribution in [0.25, 0.3) is 11.2 Å². The number of ether oxygens (including phenoxy) is 1. The minimum Gasteiger partial charge on any atom is -0.405 e. The Labute approximate surface area is 150 Å². The van der Waals surface area contributed by atoms with Crippen molar-refractivity contribution in [2.24, 2.45) is 0 Å². The number of nitrogens with zero attached hydrogens (tertiary/aromatic N) is 4. The van der Waals surface area contributed by atoms with Crippen LogP contribution >= 0.6 is 7.60 Å². The number of aromatic nitrogens is 4. The number of nitrogens with two attached hydrogens (primary N) is 1. The van der Waals surface area contributed by atoms with Gasteiger partial charge in [0.25, 0.3) is 0 Å². The molecule has 0 aromatic carbocycles. The van der Waals surface area contributed by atoms with Gasteiger partial charge in [-0.15, -0.1) is 0 Å². The van der Waals surface area contributed by atoms with E-state index in [0.29, 0.717) is 17.6 Å². The van der Waals surface area contributed by atoms with Crippen molar-refractivity contribution in [1.82, 2.24) is 19.7 Å². The van der Waals surface area contributed by atoms with Gasteiger partial charge in [0.2, 0.25) is 5.65 Å². The Morgan fingerprint density at radius 2 is 2.00 bits per heavy atom. The Morgan fingerprint density at radius 1 is 1.27 bits per heavy atom. The molecule has 146 valence electrons. The Bertz CT molecular complexity index is 732. The SMILES string of the molecule is CCOP(=O)(COCCC(CO)On1cnc2c(N)ncnc21)OCC. The predicted molar refractivity (Wildman–Crippen MR) is 93.5 cm³/mol. The lowest BCUT2D eigenvalue weighted by Gasteiger charge is -2.19. The van der Waals surface area contributed by atoms with E-state index in [1.165, 1.54) is 17.4 Å². The molecule has 1 unspecified atom stereocenters. The molecular formula is C14H24N5O6P. The van der Waals surface area contributed by atoms with Crippen molar-refractivity contribution >= 4 is 24.6 Å². The van der Waals surface area contributed by atoms with Gasteiger partial charge in [0.05, 0.1) is 26.4 Å². The van der Waals surface area contributed by atoms with E-state index in [1.807, 2.05) is 0 Å². The zero-order chi connectivity index (χ0) is 19.0. The highest BCUT2D eigenvalue weighted by Gasteiger charge is 2.24. The lowest BCUT2D eigenvalue weighted by Crippen LogP contribution is -2.29. The molecule has 0 spiro atoms. The first-order valence-electron chi connectivity index (χ1n) is 8.20. The summed E-state index contributed by atoms with van der Waals surface area (Å²) < 4.78 is 29.3. The summed E-state index contributed by atoms with van der Waals surface area (Å²) in [6, 6.07) is 0. The summed E-state index contributed by atoms with van der Waals surface area (Å²) in [5.74, 6) is 0.240. The standard InChI is InChI=1S/C14H24N5O6P/c1-3-23-26(21,24-4-2)10-22-6-5-11(7-20)25-19-9-18-12-13(15)16-8-17-14(12)19/h8-9,11,20H,3-7,10H2,1-2H3,(H2,15,16,17). The second-order valence-corrected chi connectivity index (χ2v) is 7.18. The molecule has 2 rings (SSSR count). The van der Waals surface area contributed by atoms with Crippen molar-refractivity contribution in [3.05, 3.63) is 12.7 Å². The van der Waals surface area contributed by atoms with E-state index in [-0.39, 0.29) is 38.6 Å². The molecule has 0 bridgehead atoms. The van der Waals surface area contributed by atoms with Crippen LogP contribution in [0.15, 0.2) is 12.7 Å². The fourth-order valence-electron chi connectivity index (χ4n) is 2.14. The number of anilines is 1. The zero-order valence-electron chi connectivity index (χ0n) is 14.8. The highest BCUT2D eigenvalue weighted by Crippen LogP contribution is 2.47. The number of aliphatic hydroxyl groups is 1. The molecule has 2 aromatic rings. The molecule has 3 N–H and O–H groups in total. The first-order valence-corrected chi connectivity index (χ1v) is 9.93. The Hall–Kier alpha value is -1.78. The lowest BCUT2D eigenvalue weighted by molar-refractivity contribution is -0.0127. The number of nitrogen functional groups attached to an aromatic ring is 1. The molecule has 0 aliphatic heterocycles. The summed E-state index contributed by atoms with van der Waals surface area (Å²) in [4.78, 5) is 17.6. The molecule has 0 radical (unpaired) electrons. The molecule has 0 aliphatic carbocycles. The molecular weight excluding hydrogens is 365 g/mol. The zero-order valence-corrected chi connectivity index (χ0v) is 15.7. The lowest BCUT2D eigenvalue weighted by atomic mass is 10.3. The summed E-state index contributed by atoms with van der Waals surface area (Å²) in [6.07, 6.45) is 2.30. The molecule has 0 amide bonds. The van der Waals surface area contributed by atoms with Crippen LogP contribution in [0.4, 0.5) is 5.82 Å². The van der Waals surface area contributed by atoms with Gasteiger partial charge in [-0.1, -0.05) is 0 Å². The van der Waals surface area contributed by atoms with Crippen molar-refractivity contribution in [2.75, 3.05) is 38.5 Å². The number of hydrogen-bond donors (Lipinski definition) is 2. The first-order chi connectivity index (χ1) is 12.5. The normalized spacial score (nSPS) is 13.2. The molecule has 0 aliphatic rings. The van der Waals surface area contributed by atoms with Gasteiger partial charge in [-0.25, -0.2) is 15.0 Å². The maximum atomic E-state index is 12.3. The van der Waals surface area contributed by atoms with Gasteiger partial charge in [-0.3, -0.25) is 4.57 Å². The van der Waals surface area contributed by atoms with Crippen LogP contribution in [-0.4, -0.2) is 63.7 Å². The van der Waals surface area contributed by atoms with Crippen LogP contribution in [0.1, 0.15) is 20.3 Å². The smallest absolute Gasteiger partial charge is 0.356 e. The maximum absolute atomic E-state index is 12.3. The average molecular weight is 389 g/mol. The van der Waals surface area contributed by atoms with Gasteiger partial charge >= 0.3 is 7.60 Å². The Balaban J connectivity index is 1.87. The van der Waals surface area contributed by atoms with Crippen LogP contribution in [0, 0.1) is 0 Å². The van der Waals surface area contributed by atoms with Crippen molar-refractivity contribution in [1.29, 1.82) is 0 Å². The van der Waals surface area contributed by atoms with Crippen LogP contribution in [0.5, 0.6) is 0 Å². The highest BCUT2D eigenvalue weighted by atomic mass is 31.2. The summed E-state index contributed by atoms with van der Waals surface area (Å²) in [6.45, 7) is 3.93. The molecule has 26 heavy (non-hydrogen) atoms. The average Bonchev–Trinajstić information content (AvgIpc) is 3.02. The van der Waals surface area contributed by atoms with E-state index >= 15 is 0 Å². The third-order valence-electron chi connectivity index (χ3n) is 3.28. The topological polar surface area (TPSA) is 144 Å². The number of hydrogen-bond acceptors (Lipinski definition) is 10. The van der Waals surface area contributed by atoms with Gasteiger partial charge in [-0.05, 0) is 13.8 Å². The fraction of sp³-hybridized carbons (Fsp3) is 0.643. The van der Waals surface area contributed by atoms with Crippen LogP contribution < -0.4 is 10.6 Å². The molecule has 12 heteroatoms. The van der Waals surface area contributed by atoms with Crippen molar-refractivity contribution < 1.29 is 28.3 Å².